The van der Waals surface area contributed by atoms with E-state index in [0.717, 1.165) is 16.7 Å². The molecule has 4 nitrogen and oxygen atoms in total. The maximum Gasteiger partial charge on any atom is 0.268 e. The highest BCUT2D eigenvalue weighted by molar-refractivity contribution is 7.07. The van der Waals surface area contributed by atoms with Crippen molar-refractivity contribution in [3.05, 3.63) is 54.4 Å². The summed E-state index contributed by atoms with van der Waals surface area (Å²) in [5.74, 6) is 0. The van der Waals surface area contributed by atoms with Crippen molar-refractivity contribution < 1.29 is 0 Å². The predicted octanol–water partition coefficient (Wildman–Crippen LogP) is 1.09. The van der Waals surface area contributed by atoms with Crippen molar-refractivity contribution in [2.24, 2.45) is 7.05 Å². The van der Waals surface area contributed by atoms with Crippen LogP contribution in [0.4, 0.5) is 0 Å². The average Bonchev–Trinajstić information content (AvgIpc) is 2.73. The first-order valence-corrected chi connectivity index (χ1v) is 7.09. The first kappa shape index (κ1) is 14.8. The number of nitrogens with zero attached hydrogens (tertiary/aromatic N) is 3. The molecule has 0 N–H and O–H groups in total. The normalized spacial score (nSPS) is 11.0. The SMILES string of the molecule is Cc1ccc(C)c(/C=c2\sc(=C(C#N)C#N)n(C)c2=O)c1. The molecule has 0 spiro atoms. The molecule has 0 amide bonds. The third-order valence-electron chi connectivity index (χ3n) is 3.19. The van der Waals surface area contributed by atoms with Crippen molar-refractivity contribution in [3.63, 3.8) is 0 Å². The van der Waals surface area contributed by atoms with Crippen molar-refractivity contribution in [1.82, 2.24) is 4.57 Å². The first-order valence-electron chi connectivity index (χ1n) is 6.27. The molecule has 1 aromatic heterocycles. The Morgan fingerprint density at radius 3 is 2.57 bits per heavy atom. The van der Waals surface area contributed by atoms with Gasteiger partial charge in [-0.05, 0) is 31.1 Å². The predicted molar refractivity (Wildman–Crippen MR) is 82.9 cm³/mol. The van der Waals surface area contributed by atoms with Gasteiger partial charge in [-0.3, -0.25) is 4.79 Å². The van der Waals surface area contributed by atoms with Crippen LogP contribution in [0.15, 0.2) is 23.0 Å². The molecule has 104 valence electrons. The van der Waals surface area contributed by atoms with Gasteiger partial charge in [0.2, 0.25) is 0 Å². The minimum Gasteiger partial charge on any atom is -0.300 e. The van der Waals surface area contributed by atoms with Crippen LogP contribution in [0.5, 0.6) is 0 Å². The average molecular weight is 295 g/mol. The van der Waals surface area contributed by atoms with E-state index in [0.29, 0.717) is 9.20 Å². The van der Waals surface area contributed by atoms with E-state index in [1.165, 1.54) is 15.9 Å². The van der Waals surface area contributed by atoms with Crippen LogP contribution in [-0.2, 0) is 7.05 Å². The molecule has 0 fully saturated rings. The van der Waals surface area contributed by atoms with Gasteiger partial charge < -0.3 is 4.57 Å². The standard InChI is InChI=1S/C16H13N3OS/c1-10-4-5-11(2)12(6-10)7-14-15(20)19(3)16(21-14)13(8-17)9-18/h4-7H,1-3H3/b14-7-. The third-order valence-corrected chi connectivity index (χ3v) is 4.37. The highest BCUT2D eigenvalue weighted by Gasteiger charge is 2.06. The van der Waals surface area contributed by atoms with Crippen molar-refractivity contribution in [2.75, 3.05) is 0 Å². The fourth-order valence-corrected chi connectivity index (χ4v) is 2.99. The summed E-state index contributed by atoms with van der Waals surface area (Å²) in [6, 6.07) is 9.68. The summed E-state index contributed by atoms with van der Waals surface area (Å²) in [6.45, 7) is 3.97. The van der Waals surface area contributed by atoms with Gasteiger partial charge in [0.1, 0.15) is 16.8 Å². The van der Waals surface area contributed by atoms with Gasteiger partial charge in [0.05, 0.1) is 4.53 Å². The molecule has 0 radical (unpaired) electrons. The monoisotopic (exact) mass is 295 g/mol. The summed E-state index contributed by atoms with van der Waals surface area (Å²) >= 11 is 1.17. The summed E-state index contributed by atoms with van der Waals surface area (Å²) in [7, 11) is 1.57. The lowest BCUT2D eigenvalue weighted by atomic mass is 10.1. The molecule has 0 aliphatic heterocycles. The molecule has 0 unspecified atom stereocenters. The van der Waals surface area contributed by atoms with Crippen molar-refractivity contribution in [3.8, 4) is 12.1 Å². The van der Waals surface area contributed by atoms with Crippen molar-refractivity contribution in [1.29, 1.82) is 10.5 Å². The van der Waals surface area contributed by atoms with Crippen molar-refractivity contribution in [2.45, 2.75) is 13.8 Å². The lowest BCUT2D eigenvalue weighted by Gasteiger charge is -2.00. The van der Waals surface area contributed by atoms with E-state index >= 15 is 0 Å². The molecule has 0 bridgehead atoms. The van der Waals surface area contributed by atoms with E-state index in [4.69, 9.17) is 10.5 Å². The minimum absolute atomic E-state index is 0.0415. The van der Waals surface area contributed by atoms with E-state index in [2.05, 4.69) is 0 Å². The molecule has 1 heterocycles. The summed E-state index contributed by atoms with van der Waals surface area (Å²) in [4.78, 5) is 12.2. The van der Waals surface area contributed by atoms with E-state index < -0.39 is 0 Å². The molecule has 2 aromatic rings. The number of hydrogen-bond acceptors (Lipinski definition) is 4. The van der Waals surface area contributed by atoms with E-state index in [9.17, 15) is 4.79 Å². The number of nitriles is 2. The fraction of sp³-hybridized carbons (Fsp3) is 0.188. The summed E-state index contributed by atoms with van der Waals surface area (Å²) in [6.07, 6.45) is 1.81. The topological polar surface area (TPSA) is 69.6 Å². The molecule has 5 heteroatoms. The number of thiazole rings is 1. The number of benzene rings is 1. The molecular formula is C16H13N3OS. The minimum atomic E-state index is -0.195. The summed E-state index contributed by atoms with van der Waals surface area (Å²) in [5, 5.41) is 17.9. The van der Waals surface area contributed by atoms with Crippen LogP contribution >= 0.6 is 11.3 Å². The van der Waals surface area contributed by atoms with Gasteiger partial charge >= 0.3 is 0 Å². The Balaban J connectivity index is 2.83. The van der Waals surface area contributed by atoms with Crippen LogP contribution in [0.2, 0.25) is 0 Å². The Morgan fingerprint density at radius 1 is 1.29 bits per heavy atom. The maximum absolute atomic E-state index is 12.2. The Labute approximate surface area is 126 Å². The Kier molecular flexibility index (Phi) is 4.07. The lowest BCUT2D eigenvalue weighted by Crippen LogP contribution is -2.29. The second-order valence-electron chi connectivity index (χ2n) is 4.74. The highest BCUT2D eigenvalue weighted by atomic mass is 32.1. The van der Waals surface area contributed by atoms with E-state index in [-0.39, 0.29) is 11.1 Å². The van der Waals surface area contributed by atoms with Gasteiger partial charge in [0.25, 0.3) is 5.56 Å². The Hall–Kier alpha value is -2.63. The molecule has 0 aliphatic rings. The molecular weight excluding hydrogens is 282 g/mol. The van der Waals surface area contributed by atoms with Gasteiger partial charge in [-0.15, -0.1) is 11.3 Å². The molecule has 0 atom stereocenters. The van der Waals surface area contributed by atoms with E-state index in [1.54, 1.807) is 7.05 Å². The number of aryl methyl sites for hydroxylation is 2. The quantitative estimate of drug-likeness (QED) is 0.791. The lowest BCUT2D eigenvalue weighted by molar-refractivity contribution is 0.855. The number of hydrogen-bond donors (Lipinski definition) is 0. The summed E-state index contributed by atoms with van der Waals surface area (Å²) < 4.78 is 2.26. The van der Waals surface area contributed by atoms with Crippen LogP contribution < -0.4 is 14.8 Å². The van der Waals surface area contributed by atoms with Gasteiger partial charge in [-0.2, -0.15) is 10.5 Å². The highest BCUT2D eigenvalue weighted by Crippen LogP contribution is 2.10. The van der Waals surface area contributed by atoms with Crippen LogP contribution in [0.3, 0.4) is 0 Å². The maximum atomic E-state index is 12.2. The molecule has 0 aliphatic carbocycles. The summed E-state index contributed by atoms with van der Waals surface area (Å²) in [5.41, 5.74) is 2.92. The van der Waals surface area contributed by atoms with Crippen LogP contribution in [0.25, 0.3) is 11.6 Å². The van der Waals surface area contributed by atoms with Gasteiger partial charge in [-0.25, -0.2) is 0 Å². The van der Waals surface area contributed by atoms with Crippen molar-refractivity contribution >= 4 is 23.0 Å². The molecule has 2 rings (SSSR count). The van der Waals surface area contributed by atoms with Gasteiger partial charge in [-0.1, -0.05) is 23.8 Å². The zero-order valence-electron chi connectivity index (χ0n) is 12.0. The zero-order chi connectivity index (χ0) is 15.6. The second-order valence-corrected chi connectivity index (χ2v) is 5.77. The molecule has 21 heavy (non-hydrogen) atoms. The second kappa shape index (κ2) is 5.78. The van der Waals surface area contributed by atoms with Crippen LogP contribution in [-0.4, -0.2) is 4.57 Å². The van der Waals surface area contributed by atoms with Gasteiger partial charge in [0, 0.05) is 7.05 Å². The fourth-order valence-electron chi connectivity index (χ4n) is 1.96. The smallest absolute Gasteiger partial charge is 0.268 e. The van der Waals surface area contributed by atoms with E-state index in [1.807, 2.05) is 50.3 Å². The van der Waals surface area contributed by atoms with Crippen LogP contribution in [0, 0.1) is 36.5 Å². The third kappa shape index (κ3) is 2.79. The number of rotatable bonds is 1. The van der Waals surface area contributed by atoms with Crippen LogP contribution in [0.1, 0.15) is 16.7 Å². The Morgan fingerprint density at radius 2 is 1.95 bits per heavy atom. The molecule has 0 saturated carbocycles. The first-order chi connectivity index (χ1) is 9.97. The Bertz CT molecular complexity index is 949. The van der Waals surface area contributed by atoms with Gasteiger partial charge in [0.15, 0.2) is 5.57 Å². The zero-order valence-corrected chi connectivity index (χ0v) is 12.8. The molecule has 0 saturated heterocycles. The molecule has 1 aromatic carbocycles. The largest absolute Gasteiger partial charge is 0.300 e. The number of aromatic nitrogens is 1.